The van der Waals surface area contributed by atoms with Crippen LogP contribution in [0.5, 0.6) is 0 Å². The van der Waals surface area contributed by atoms with Crippen LogP contribution in [-0.2, 0) is 0 Å². The molecule has 0 bridgehead atoms. The molecule has 5 nitrogen and oxygen atoms in total. The Labute approximate surface area is 164 Å². The fourth-order valence-corrected chi connectivity index (χ4v) is 4.33. The summed E-state index contributed by atoms with van der Waals surface area (Å²) in [6.45, 7) is 6.82. The van der Waals surface area contributed by atoms with Crippen LogP contribution in [0.4, 0.5) is 10.9 Å². The van der Waals surface area contributed by atoms with Crippen molar-refractivity contribution in [2.45, 2.75) is 38.6 Å². The number of nitrogens with one attached hydrogen (secondary N) is 1. The lowest BCUT2D eigenvalue weighted by molar-refractivity contribution is 0.170. The molecular weight excluding hydrogens is 354 g/mol. The molecule has 6 heteroatoms. The minimum atomic E-state index is 0.520. The Bertz CT molecular complexity index is 852. The van der Waals surface area contributed by atoms with Gasteiger partial charge in [0.15, 0.2) is 10.9 Å². The molecule has 1 aliphatic heterocycles. The molecule has 0 radical (unpaired) electrons. The van der Waals surface area contributed by atoms with Gasteiger partial charge in [0.2, 0.25) is 0 Å². The molecule has 1 saturated heterocycles. The van der Waals surface area contributed by atoms with E-state index in [1.807, 2.05) is 36.8 Å². The third-order valence-electron chi connectivity index (χ3n) is 5.15. The van der Waals surface area contributed by atoms with Gasteiger partial charge < -0.3 is 10.2 Å². The number of rotatable bonds is 5. The third-order valence-corrected chi connectivity index (χ3v) is 6.11. The van der Waals surface area contributed by atoms with Gasteiger partial charge in [-0.2, -0.15) is 0 Å². The van der Waals surface area contributed by atoms with Gasteiger partial charge >= 0.3 is 0 Å². The molecule has 0 aliphatic carbocycles. The number of aromatic nitrogens is 3. The van der Waals surface area contributed by atoms with Crippen molar-refractivity contribution in [3.63, 3.8) is 0 Å². The fraction of sp³-hybridized carbons (Fsp3) is 0.381. The Morgan fingerprint density at radius 1 is 1.00 bits per heavy atom. The van der Waals surface area contributed by atoms with E-state index in [1.165, 1.54) is 5.56 Å². The molecule has 4 rings (SSSR count). The van der Waals surface area contributed by atoms with E-state index in [-0.39, 0.29) is 0 Å². The van der Waals surface area contributed by atoms with Crippen LogP contribution in [0.1, 0.15) is 38.3 Å². The van der Waals surface area contributed by atoms with Crippen molar-refractivity contribution in [3.8, 4) is 10.4 Å². The van der Waals surface area contributed by atoms with Crippen LogP contribution >= 0.6 is 11.3 Å². The average molecular weight is 380 g/mol. The van der Waals surface area contributed by atoms with E-state index in [0.29, 0.717) is 12.0 Å². The van der Waals surface area contributed by atoms with Crippen LogP contribution in [0.3, 0.4) is 0 Å². The molecule has 0 atom stereocenters. The van der Waals surface area contributed by atoms with Gasteiger partial charge in [-0.15, -0.1) is 0 Å². The monoisotopic (exact) mass is 379 g/mol. The van der Waals surface area contributed by atoms with Gasteiger partial charge in [-0.25, -0.2) is 9.97 Å². The highest BCUT2D eigenvalue weighted by Crippen LogP contribution is 2.31. The Hall–Kier alpha value is -2.31. The Kier molecular flexibility index (Phi) is 5.45. The van der Waals surface area contributed by atoms with Crippen molar-refractivity contribution in [3.05, 3.63) is 54.6 Å². The minimum absolute atomic E-state index is 0.520. The van der Waals surface area contributed by atoms with Crippen molar-refractivity contribution in [1.29, 1.82) is 0 Å². The topological polar surface area (TPSA) is 53.9 Å². The van der Waals surface area contributed by atoms with Crippen LogP contribution in [-0.4, -0.2) is 39.0 Å². The predicted octanol–water partition coefficient (Wildman–Crippen LogP) is 4.93. The number of benzene rings is 1. The molecule has 27 heavy (non-hydrogen) atoms. The van der Waals surface area contributed by atoms with Crippen LogP contribution in [0.15, 0.2) is 48.9 Å². The van der Waals surface area contributed by atoms with Gasteiger partial charge in [-0.3, -0.25) is 4.98 Å². The standard InChI is InChI=1S/C21H25N5S/c1-15(2)26-10-8-16(9-11-26)18-12-23-20(14-22-18)25-21-24-13-19(27-21)17-6-4-3-5-7-17/h3-7,12-16H,8-11H2,1-2H3,(H,23,24,25). The second-order valence-electron chi connectivity index (χ2n) is 7.25. The number of thiazole rings is 1. The lowest BCUT2D eigenvalue weighted by Crippen LogP contribution is -2.38. The maximum Gasteiger partial charge on any atom is 0.188 e. The summed E-state index contributed by atoms with van der Waals surface area (Å²) in [5.74, 6) is 1.26. The van der Waals surface area contributed by atoms with Gasteiger partial charge in [0.05, 0.1) is 23.0 Å². The van der Waals surface area contributed by atoms with Crippen LogP contribution in [0.25, 0.3) is 10.4 Å². The zero-order chi connectivity index (χ0) is 18.6. The van der Waals surface area contributed by atoms with Crippen LogP contribution in [0, 0.1) is 0 Å². The first-order valence-corrected chi connectivity index (χ1v) is 10.3. The first-order valence-electron chi connectivity index (χ1n) is 9.53. The minimum Gasteiger partial charge on any atom is -0.315 e. The van der Waals surface area contributed by atoms with Gasteiger partial charge in [0.25, 0.3) is 0 Å². The summed E-state index contributed by atoms with van der Waals surface area (Å²) in [5, 5.41) is 4.11. The smallest absolute Gasteiger partial charge is 0.188 e. The number of likely N-dealkylation sites (tertiary alicyclic amines) is 1. The lowest BCUT2D eigenvalue weighted by atomic mass is 9.93. The largest absolute Gasteiger partial charge is 0.315 e. The van der Waals surface area contributed by atoms with E-state index in [4.69, 9.17) is 0 Å². The van der Waals surface area contributed by atoms with Crippen LogP contribution < -0.4 is 5.32 Å². The average Bonchev–Trinajstić information content (AvgIpc) is 3.18. The summed E-state index contributed by atoms with van der Waals surface area (Å²) in [6, 6.07) is 10.9. The molecule has 0 amide bonds. The number of piperidine rings is 1. The van der Waals surface area contributed by atoms with E-state index in [9.17, 15) is 0 Å². The summed E-state index contributed by atoms with van der Waals surface area (Å²) in [7, 11) is 0. The molecule has 3 heterocycles. The summed E-state index contributed by atoms with van der Waals surface area (Å²) in [5.41, 5.74) is 2.28. The summed E-state index contributed by atoms with van der Waals surface area (Å²) >= 11 is 1.62. The molecule has 140 valence electrons. The summed E-state index contributed by atoms with van der Waals surface area (Å²) in [4.78, 5) is 17.4. The Balaban J connectivity index is 1.38. The van der Waals surface area contributed by atoms with Gasteiger partial charge in [0.1, 0.15) is 0 Å². The Morgan fingerprint density at radius 3 is 2.44 bits per heavy atom. The molecule has 2 aromatic heterocycles. The van der Waals surface area contributed by atoms with Crippen molar-refractivity contribution in [1.82, 2.24) is 19.9 Å². The van der Waals surface area contributed by atoms with E-state index >= 15 is 0 Å². The SMILES string of the molecule is CC(C)N1CCC(c2cnc(Nc3ncc(-c4ccccc4)s3)cn2)CC1. The highest BCUT2D eigenvalue weighted by molar-refractivity contribution is 7.18. The normalized spacial score (nSPS) is 16.0. The predicted molar refractivity (Wildman–Crippen MR) is 112 cm³/mol. The zero-order valence-corrected chi connectivity index (χ0v) is 16.6. The van der Waals surface area contributed by atoms with E-state index < -0.39 is 0 Å². The number of anilines is 2. The highest BCUT2D eigenvalue weighted by Gasteiger charge is 2.23. The maximum absolute atomic E-state index is 4.67. The van der Waals surface area contributed by atoms with Gasteiger partial charge in [-0.05, 0) is 45.3 Å². The molecule has 1 aromatic carbocycles. The molecule has 1 N–H and O–H groups in total. The molecule has 1 aliphatic rings. The van der Waals surface area contributed by atoms with E-state index in [0.717, 1.165) is 47.5 Å². The number of nitrogens with zero attached hydrogens (tertiary/aromatic N) is 4. The third kappa shape index (κ3) is 4.34. The van der Waals surface area contributed by atoms with Crippen molar-refractivity contribution in [2.75, 3.05) is 18.4 Å². The van der Waals surface area contributed by atoms with Gasteiger partial charge in [0, 0.05) is 18.2 Å². The van der Waals surface area contributed by atoms with Crippen molar-refractivity contribution >= 4 is 22.3 Å². The molecule has 1 fully saturated rings. The highest BCUT2D eigenvalue weighted by atomic mass is 32.1. The molecule has 0 unspecified atom stereocenters. The molecule has 3 aromatic rings. The number of hydrogen-bond acceptors (Lipinski definition) is 6. The van der Waals surface area contributed by atoms with Gasteiger partial charge in [-0.1, -0.05) is 41.7 Å². The van der Waals surface area contributed by atoms with Crippen LogP contribution in [0.2, 0.25) is 0 Å². The van der Waals surface area contributed by atoms with Crippen molar-refractivity contribution < 1.29 is 0 Å². The summed E-state index contributed by atoms with van der Waals surface area (Å²) in [6.07, 6.45) is 7.96. The lowest BCUT2D eigenvalue weighted by Gasteiger charge is -2.34. The van der Waals surface area contributed by atoms with E-state index in [1.54, 1.807) is 11.3 Å². The first kappa shape index (κ1) is 18.1. The second kappa shape index (κ2) is 8.15. The summed E-state index contributed by atoms with van der Waals surface area (Å²) < 4.78 is 0. The molecule has 0 spiro atoms. The fourth-order valence-electron chi connectivity index (χ4n) is 3.50. The maximum atomic E-state index is 4.67. The van der Waals surface area contributed by atoms with E-state index in [2.05, 4.69) is 51.1 Å². The Morgan fingerprint density at radius 2 is 1.78 bits per heavy atom. The first-order chi connectivity index (χ1) is 13.2. The molecule has 0 saturated carbocycles. The number of hydrogen-bond donors (Lipinski definition) is 1. The van der Waals surface area contributed by atoms with Crippen molar-refractivity contribution in [2.24, 2.45) is 0 Å². The second-order valence-corrected chi connectivity index (χ2v) is 8.28. The molecular formula is C21H25N5S. The zero-order valence-electron chi connectivity index (χ0n) is 15.8. The quantitative estimate of drug-likeness (QED) is 0.681.